The Balaban J connectivity index is 2.61. The Kier molecular flexibility index (Phi) is 4.76. The molecule has 0 heterocycles. The second-order valence-corrected chi connectivity index (χ2v) is 7.18. The van der Waals surface area contributed by atoms with Gasteiger partial charge in [-0.25, -0.2) is 13.1 Å². The molecule has 4 nitrogen and oxygen atoms in total. The zero-order valence-electron chi connectivity index (χ0n) is 11.4. The first-order valence-electron chi connectivity index (χ1n) is 5.97. The molecule has 1 N–H and O–H groups in total. The molecule has 0 bridgehead atoms. The van der Waals surface area contributed by atoms with Crippen molar-refractivity contribution >= 4 is 10.0 Å². The molecule has 0 amide bonds. The van der Waals surface area contributed by atoms with Gasteiger partial charge in [0.1, 0.15) is 11.4 Å². The van der Waals surface area contributed by atoms with Crippen LogP contribution in [0.4, 0.5) is 0 Å². The van der Waals surface area contributed by atoms with Crippen LogP contribution >= 0.6 is 0 Å². The van der Waals surface area contributed by atoms with Gasteiger partial charge in [-0.05, 0) is 45.4 Å². The van der Waals surface area contributed by atoms with Crippen molar-refractivity contribution in [2.75, 3.05) is 5.75 Å². The lowest BCUT2D eigenvalue weighted by Gasteiger charge is -2.21. The summed E-state index contributed by atoms with van der Waals surface area (Å²) in [6.45, 7) is 7.87. The smallest absolute Gasteiger partial charge is 0.211 e. The van der Waals surface area contributed by atoms with Crippen LogP contribution in [-0.4, -0.2) is 19.8 Å². The Labute approximate surface area is 109 Å². The third kappa shape index (κ3) is 5.51. The van der Waals surface area contributed by atoms with Crippen molar-refractivity contribution in [2.24, 2.45) is 0 Å². The second-order valence-electron chi connectivity index (χ2n) is 5.08. The lowest BCUT2D eigenvalue weighted by molar-refractivity contribution is 0.131. The summed E-state index contributed by atoms with van der Waals surface area (Å²) >= 11 is 0. The van der Waals surface area contributed by atoms with Gasteiger partial charge < -0.3 is 4.74 Å². The van der Waals surface area contributed by atoms with Crippen molar-refractivity contribution in [2.45, 2.75) is 39.8 Å². The van der Waals surface area contributed by atoms with Gasteiger partial charge >= 0.3 is 0 Å². The van der Waals surface area contributed by atoms with Gasteiger partial charge in [0.25, 0.3) is 0 Å². The van der Waals surface area contributed by atoms with Crippen molar-refractivity contribution in [3.05, 3.63) is 29.8 Å². The van der Waals surface area contributed by atoms with E-state index in [1.165, 1.54) is 0 Å². The number of rotatable bonds is 5. The van der Waals surface area contributed by atoms with E-state index in [1.807, 2.05) is 45.0 Å². The normalized spacial score (nSPS) is 12.4. The van der Waals surface area contributed by atoms with E-state index < -0.39 is 10.0 Å². The Morgan fingerprint density at radius 1 is 1.17 bits per heavy atom. The van der Waals surface area contributed by atoms with Crippen molar-refractivity contribution in [3.8, 4) is 5.75 Å². The molecule has 1 rings (SSSR count). The van der Waals surface area contributed by atoms with E-state index in [-0.39, 0.29) is 11.4 Å². The van der Waals surface area contributed by atoms with Gasteiger partial charge in [-0.3, -0.25) is 0 Å². The van der Waals surface area contributed by atoms with Gasteiger partial charge in [0, 0.05) is 6.54 Å². The molecule has 0 unspecified atom stereocenters. The molecule has 0 radical (unpaired) electrons. The zero-order valence-corrected chi connectivity index (χ0v) is 12.2. The maximum Gasteiger partial charge on any atom is 0.211 e. The van der Waals surface area contributed by atoms with Gasteiger partial charge in [-0.1, -0.05) is 12.1 Å². The predicted molar refractivity (Wildman–Crippen MR) is 73.1 cm³/mol. The number of ether oxygens (including phenoxy) is 1. The SMILES string of the molecule is CCS(=O)(=O)NCc1ccc(OC(C)(C)C)cc1. The van der Waals surface area contributed by atoms with Crippen LogP contribution in [0, 0.1) is 0 Å². The molecule has 1 aromatic carbocycles. The highest BCUT2D eigenvalue weighted by atomic mass is 32.2. The van der Waals surface area contributed by atoms with Gasteiger partial charge in [0.2, 0.25) is 10.0 Å². The monoisotopic (exact) mass is 271 g/mol. The van der Waals surface area contributed by atoms with Crippen LogP contribution in [0.25, 0.3) is 0 Å². The molecule has 5 heteroatoms. The Bertz CT molecular complexity index is 472. The summed E-state index contributed by atoms with van der Waals surface area (Å²) in [5.74, 6) is 0.877. The molecule has 0 aliphatic carbocycles. The Morgan fingerprint density at radius 2 is 1.72 bits per heavy atom. The molecule has 0 saturated carbocycles. The van der Waals surface area contributed by atoms with Gasteiger partial charge in [-0.15, -0.1) is 0 Å². The zero-order chi connectivity index (χ0) is 13.8. The summed E-state index contributed by atoms with van der Waals surface area (Å²) in [6, 6.07) is 7.42. The first-order chi connectivity index (χ1) is 8.22. The van der Waals surface area contributed by atoms with E-state index >= 15 is 0 Å². The third-order valence-corrected chi connectivity index (χ3v) is 3.57. The summed E-state index contributed by atoms with van der Waals surface area (Å²) in [5, 5.41) is 0. The minimum Gasteiger partial charge on any atom is -0.488 e. The van der Waals surface area contributed by atoms with Gasteiger partial charge in [0.15, 0.2) is 0 Å². The average Bonchev–Trinajstić information content (AvgIpc) is 2.26. The van der Waals surface area contributed by atoms with Crippen LogP contribution in [0.2, 0.25) is 0 Å². The van der Waals surface area contributed by atoms with Gasteiger partial charge in [0.05, 0.1) is 5.75 Å². The highest BCUT2D eigenvalue weighted by Gasteiger charge is 2.11. The van der Waals surface area contributed by atoms with E-state index in [9.17, 15) is 8.42 Å². The van der Waals surface area contributed by atoms with Crippen LogP contribution in [0.3, 0.4) is 0 Å². The lowest BCUT2D eigenvalue weighted by atomic mass is 10.2. The summed E-state index contributed by atoms with van der Waals surface area (Å²) in [7, 11) is -3.14. The molecule has 0 saturated heterocycles. The van der Waals surface area contributed by atoms with Crippen molar-refractivity contribution < 1.29 is 13.2 Å². The largest absolute Gasteiger partial charge is 0.488 e. The van der Waals surface area contributed by atoms with Crippen LogP contribution in [0.5, 0.6) is 5.75 Å². The van der Waals surface area contributed by atoms with E-state index in [4.69, 9.17) is 4.74 Å². The highest BCUT2D eigenvalue weighted by molar-refractivity contribution is 7.89. The minimum absolute atomic E-state index is 0.0955. The Morgan fingerprint density at radius 3 is 2.17 bits per heavy atom. The van der Waals surface area contributed by atoms with E-state index in [0.29, 0.717) is 6.54 Å². The van der Waals surface area contributed by atoms with Crippen LogP contribution < -0.4 is 9.46 Å². The molecule has 0 aliphatic rings. The summed E-state index contributed by atoms with van der Waals surface area (Å²) in [6.07, 6.45) is 0. The van der Waals surface area contributed by atoms with E-state index in [2.05, 4.69) is 4.72 Å². The molecule has 0 spiro atoms. The fraction of sp³-hybridized carbons (Fsp3) is 0.538. The van der Waals surface area contributed by atoms with Crippen molar-refractivity contribution in [1.82, 2.24) is 4.72 Å². The topological polar surface area (TPSA) is 55.4 Å². The minimum atomic E-state index is -3.14. The van der Waals surface area contributed by atoms with Crippen LogP contribution in [-0.2, 0) is 16.6 Å². The number of nitrogens with one attached hydrogen (secondary N) is 1. The molecular weight excluding hydrogens is 250 g/mol. The first-order valence-corrected chi connectivity index (χ1v) is 7.62. The molecule has 0 fully saturated rings. The average molecular weight is 271 g/mol. The quantitative estimate of drug-likeness (QED) is 0.894. The molecule has 102 valence electrons. The van der Waals surface area contributed by atoms with Crippen molar-refractivity contribution in [3.63, 3.8) is 0 Å². The fourth-order valence-electron chi connectivity index (χ4n) is 1.32. The van der Waals surface area contributed by atoms with E-state index in [1.54, 1.807) is 6.92 Å². The maximum absolute atomic E-state index is 11.3. The summed E-state index contributed by atoms with van der Waals surface area (Å²) in [5.41, 5.74) is 0.680. The number of sulfonamides is 1. The summed E-state index contributed by atoms with van der Waals surface area (Å²) in [4.78, 5) is 0. The second kappa shape index (κ2) is 5.71. The number of hydrogen-bond acceptors (Lipinski definition) is 3. The maximum atomic E-state index is 11.3. The van der Waals surface area contributed by atoms with Crippen LogP contribution in [0.1, 0.15) is 33.3 Å². The molecule has 0 aromatic heterocycles. The van der Waals surface area contributed by atoms with Crippen molar-refractivity contribution in [1.29, 1.82) is 0 Å². The van der Waals surface area contributed by atoms with E-state index in [0.717, 1.165) is 11.3 Å². The first kappa shape index (κ1) is 15.0. The number of hydrogen-bond donors (Lipinski definition) is 1. The molecular formula is C13H21NO3S. The van der Waals surface area contributed by atoms with Crippen LogP contribution in [0.15, 0.2) is 24.3 Å². The fourth-order valence-corrected chi connectivity index (χ4v) is 1.91. The Hall–Kier alpha value is -1.07. The molecule has 18 heavy (non-hydrogen) atoms. The molecule has 0 aliphatic heterocycles. The third-order valence-electron chi connectivity index (χ3n) is 2.22. The molecule has 0 atom stereocenters. The standard InChI is InChI=1S/C13H21NO3S/c1-5-18(15,16)14-10-11-6-8-12(9-7-11)17-13(2,3)4/h6-9,14H,5,10H2,1-4H3. The summed E-state index contributed by atoms with van der Waals surface area (Å²) < 4.78 is 30.8. The molecule has 1 aromatic rings. The number of benzene rings is 1. The van der Waals surface area contributed by atoms with Gasteiger partial charge in [-0.2, -0.15) is 0 Å². The highest BCUT2D eigenvalue weighted by Crippen LogP contribution is 2.18. The predicted octanol–water partition coefficient (Wildman–Crippen LogP) is 2.30. The lowest BCUT2D eigenvalue weighted by Crippen LogP contribution is -2.24.